The minimum atomic E-state index is -3.31. The standard InChI is InChI=1S/C21H24BrN3O5S3/c22-9-1-11-31-18-12-23-21(32-18)24-20(26)19(25-30-15-8-10-29-13-15)14-2-4-16(5-3-14)33(27,28)17-6-7-17/h2-5,12,15,17H,1,6-11,13H2,(H,23,24,26)/b25-19+/t15-/m1/s1. The van der Waals surface area contributed by atoms with E-state index in [9.17, 15) is 13.2 Å². The van der Waals surface area contributed by atoms with Gasteiger partial charge < -0.3 is 9.57 Å². The Labute approximate surface area is 209 Å². The number of oxime groups is 1. The Morgan fingerprint density at radius 3 is 2.76 bits per heavy atom. The molecule has 1 aliphatic carbocycles. The number of nitrogens with zero attached hydrogens (tertiary/aromatic N) is 2. The van der Waals surface area contributed by atoms with E-state index in [1.165, 1.54) is 23.5 Å². The summed E-state index contributed by atoms with van der Waals surface area (Å²) in [6.45, 7) is 1.00. The van der Waals surface area contributed by atoms with Crippen LogP contribution in [0.5, 0.6) is 0 Å². The van der Waals surface area contributed by atoms with Gasteiger partial charge in [0.05, 0.1) is 33.8 Å². The van der Waals surface area contributed by atoms with Crippen molar-refractivity contribution in [1.82, 2.24) is 4.98 Å². The Morgan fingerprint density at radius 1 is 1.30 bits per heavy atom. The lowest BCUT2D eigenvalue weighted by Crippen LogP contribution is -2.25. The van der Waals surface area contributed by atoms with E-state index in [4.69, 9.17) is 9.57 Å². The molecule has 1 amide bonds. The van der Waals surface area contributed by atoms with Gasteiger partial charge in [0.1, 0.15) is 0 Å². The number of benzene rings is 1. The molecule has 8 nitrogen and oxygen atoms in total. The maximum Gasteiger partial charge on any atom is 0.280 e. The highest BCUT2D eigenvalue weighted by molar-refractivity contribution is 9.09. The molecule has 2 heterocycles. The van der Waals surface area contributed by atoms with Gasteiger partial charge in [0.2, 0.25) is 0 Å². The fourth-order valence-electron chi connectivity index (χ4n) is 3.09. The Bertz CT molecular complexity index is 1090. The highest BCUT2D eigenvalue weighted by Crippen LogP contribution is 2.33. The average Bonchev–Trinajstić information content (AvgIpc) is 3.39. The normalized spacial score (nSPS) is 18.9. The van der Waals surface area contributed by atoms with Gasteiger partial charge in [0, 0.05) is 17.3 Å². The van der Waals surface area contributed by atoms with E-state index in [1.54, 1.807) is 30.1 Å². The average molecular weight is 575 g/mol. The minimum absolute atomic E-state index is 0.0564. The van der Waals surface area contributed by atoms with Crippen LogP contribution in [-0.2, 0) is 24.2 Å². The van der Waals surface area contributed by atoms with E-state index in [1.807, 2.05) is 0 Å². The predicted octanol–water partition coefficient (Wildman–Crippen LogP) is 4.10. The summed E-state index contributed by atoms with van der Waals surface area (Å²) in [5.74, 6) is 0.485. The summed E-state index contributed by atoms with van der Waals surface area (Å²) in [7, 11) is -3.31. The van der Waals surface area contributed by atoms with Gasteiger partial charge in [-0.2, -0.15) is 0 Å². The molecule has 2 fully saturated rings. The first-order valence-electron chi connectivity index (χ1n) is 10.6. The largest absolute Gasteiger partial charge is 0.389 e. The second kappa shape index (κ2) is 11.3. The molecule has 2 aliphatic rings. The fourth-order valence-corrected chi connectivity index (χ4v) is 7.28. The number of aromatic nitrogens is 1. The second-order valence-corrected chi connectivity index (χ2v) is 13.1. The molecule has 1 aliphatic heterocycles. The Morgan fingerprint density at radius 2 is 2.09 bits per heavy atom. The molecule has 4 rings (SSSR count). The van der Waals surface area contributed by atoms with Crippen molar-refractivity contribution in [3.8, 4) is 0 Å². The number of hydrogen-bond donors (Lipinski definition) is 1. The van der Waals surface area contributed by atoms with E-state index in [-0.39, 0.29) is 22.0 Å². The number of ether oxygens (including phenoxy) is 1. The van der Waals surface area contributed by atoms with E-state index < -0.39 is 15.7 Å². The minimum Gasteiger partial charge on any atom is -0.389 e. The smallest absolute Gasteiger partial charge is 0.280 e. The summed E-state index contributed by atoms with van der Waals surface area (Å²) in [5.41, 5.74) is 0.519. The van der Waals surface area contributed by atoms with Crippen LogP contribution in [0.25, 0.3) is 0 Å². The third-order valence-corrected chi connectivity index (χ3v) is 10.1. The monoisotopic (exact) mass is 573 g/mol. The summed E-state index contributed by atoms with van der Waals surface area (Å²) in [5, 5.41) is 8.01. The van der Waals surface area contributed by atoms with Crippen molar-refractivity contribution < 1.29 is 22.8 Å². The van der Waals surface area contributed by atoms with Crippen LogP contribution in [0.2, 0.25) is 0 Å². The van der Waals surface area contributed by atoms with Crippen LogP contribution < -0.4 is 5.32 Å². The number of anilines is 1. The molecule has 0 spiro atoms. The maximum absolute atomic E-state index is 13.1. The Kier molecular flexibility index (Phi) is 8.44. The van der Waals surface area contributed by atoms with Crippen LogP contribution in [0.1, 0.15) is 31.2 Å². The third-order valence-electron chi connectivity index (χ3n) is 5.04. The molecule has 0 bridgehead atoms. The molecular formula is C21H24BrN3O5S3. The number of carbonyl (C=O) groups is 1. The van der Waals surface area contributed by atoms with E-state index in [0.717, 1.165) is 21.7 Å². The van der Waals surface area contributed by atoms with Gasteiger partial charge >= 0.3 is 0 Å². The van der Waals surface area contributed by atoms with Crippen LogP contribution in [0.15, 0.2) is 44.7 Å². The van der Waals surface area contributed by atoms with Gasteiger partial charge in [0.25, 0.3) is 5.91 Å². The molecule has 1 aromatic carbocycles. The number of carbonyl (C=O) groups excluding carboxylic acids is 1. The summed E-state index contributed by atoms with van der Waals surface area (Å²) >= 11 is 6.49. The van der Waals surface area contributed by atoms with Crippen molar-refractivity contribution in [1.29, 1.82) is 0 Å². The lowest BCUT2D eigenvalue weighted by molar-refractivity contribution is -0.110. The lowest BCUT2D eigenvalue weighted by Gasteiger charge is -2.10. The molecular weight excluding hydrogens is 550 g/mol. The van der Waals surface area contributed by atoms with Crippen molar-refractivity contribution in [2.75, 3.05) is 29.6 Å². The van der Waals surface area contributed by atoms with Gasteiger partial charge in [0.15, 0.2) is 26.8 Å². The Balaban J connectivity index is 1.50. The zero-order valence-electron chi connectivity index (χ0n) is 17.7. The van der Waals surface area contributed by atoms with Crippen molar-refractivity contribution in [2.45, 2.75) is 46.1 Å². The number of hydrogen-bond acceptors (Lipinski definition) is 9. The molecule has 1 saturated heterocycles. The molecule has 1 atom stereocenters. The zero-order valence-corrected chi connectivity index (χ0v) is 21.8. The molecule has 1 saturated carbocycles. The third kappa shape index (κ3) is 6.56. The number of sulfone groups is 1. The quantitative estimate of drug-likeness (QED) is 0.142. The first-order valence-corrected chi connectivity index (χ1v) is 15.1. The van der Waals surface area contributed by atoms with Gasteiger partial charge in [-0.05, 0) is 37.1 Å². The highest BCUT2D eigenvalue weighted by atomic mass is 79.9. The zero-order chi connectivity index (χ0) is 23.3. The SMILES string of the molecule is O=C(Nc1ncc(SCCCBr)s1)/C(=N/O[C@@H]1CCOC1)c1ccc(S(=O)(=O)C2CC2)cc1. The molecule has 12 heteroatoms. The van der Waals surface area contributed by atoms with Crippen molar-refractivity contribution >= 4 is 65.6 Å². The van der Waals surface area contributed by atoms with Crippen molar-refractivity contribution in [3.63, 3.8) is 0 Å². The van der Waals surface area contributed by atoms with Crippen molar-refractivity contribution in [3.05, 3.63) is 36.0 Å². The first kappa shape index (κ1) is 24.6. The van der Waals surface area contributed by atoms with Crippen LogP contribution in [0, 0.1) is 0 Å². The number of thioether (sulfide) groups is 1. The molecule has 1 aromatic heterocycles. The van der Waals surface area contributed by atoms with Gasteiger partial charge in [-0.15, -0.1) is 11.8 Å². The molecule has 2 aromatic rings. The summed E-state index contributed by atoms with van der Waals surface area (Å²) in [4.78, 5) is 23.2. The summed E-state index contributed by atoms with van der Waals surface area (Å²) in [6.07, 6.45) is 4.63. The molecule has 178 valence electrons. The van der Waals surface area contributed by atoms with E-state index in [0.29, 0.717) is 43.2 Å². The molecule has 1 N–H and O–H groups in total. The second-order valence-electron chi connectivity index (χ2n) is 7.63. The topological polar surface area (TPSA) is 107 Å². The Hall–Kier alpha value is -1.47. The number of rotatable bonds is 11. The van der Waals surface area contributed by atoms with Crippen LogP contribution in [0.4, 0.5) is 5.13 Å². The van der Waals surface area contributed by atoms with Gasteiger partial charge in [-0.1, -0.05) is 44.6 Å². The molecule has 0 radical (unpaired) electrons. The predicted molar refractivity (Wildman–Crippen MR) is 133 cm³/mol. The van der Waals surface area contributed by atoms with Crippen LogP contribution >= 0.6 is 39.0 Å². The fraction of sp³-hybridized carbons (Fsp3) is 0.476. The summed E-state index contributed by atoms with van der Waals surface area (Å²) in [6, 6.07) is 6.22. The van der Waals surface area contributed by atoms with E-state index in [2.05, 4.69) is 31.4 Å². The molecule has 0 unspecified atom stereocenters. The number of halogens is 1. The number of nitrogens with one attached hydrogen (secondary N) is 1. The number of thiazole rings is 1. The first-order chi connectivity index (χ1) is 16.0. The van der Waals surface area contributed by atoms with Crippen LogP contribution in [-0.4, -0.2) is 60.7 Å². The number of amides is 1. The van der Waals surface area contributed by atoms with E-state index >= 15 is 0 Å². The van der Waals surface area contributed by atoms with Crippen LogP contribution in [0.3, 0.4) is 0 Å². The van der Waals surface area contributed by atoms with Gasteiger partial charge in [-0.25, -0.2) is 13.4 Å². The summed E-state index contributed by atoms with van der Waals surface area (Å²) < 4.78 is 31.3. The van der Waals surface area contributed by atoms with Crippen molar-refractivity contribution in [2.24, 2.45) is 5.16 Å². The van der Waals surface area contributed by atoms with Gasteiger partial charge in [-0.3, -0.25) is 10.1 Å². The maximum atomic E-state index is 13.1. The lowest BCUT2D eigenvalue weighted by atomic mass is 10.1. The highest BCUT2D eigenvalue weighted by Gasteiger charge is 2.36. The number of alkyl halides is 1. The molecule has 33 heavy (non-hydrogen) atoms.